The van der Waals surface area contributed by atoms with E-state index in [1.54, 1.807) is 31.9 Å². The molecule has 3 unspecified atom stereocenters. The molecular weight excluding hydrogens is 592 g/mol. The van der Waals surface area contributed by atoms with Gasteiger partial charge in [0, 0.05) is 31.6 Å². The molecule has 2 aliphatic rings. The van der Waals surface area contributed by atoms with Gasteiger partial charge in [-0.3, -0.25) is 13.8 Å². The lowest BCUT2D eigenvalue weighted by atomic mass is 10.0. The van der Waals surface area contributed by atoms with Crippen LogP contribution < -0.4 is 4.74 Å². The molecule has 45 heavy (non-hydrogen) atoms. The molecule has 12 heteroatoms. The van der Waals surface area contributed by atoms with Gasteiger partial charge >= 0.3 is 5.97 Å². The lowest BCUT2D eigenvalue weighted by Crippen LogP contribution is -2.34. The molecule has 7 rings (SSSR count). The summed E-state index contributed by atoms with van der Waals surface area (Å²) in [6.07, 6.45) is 4.61. The van der Waals surface area contributed by atoms with Crippen molar-refractivity contribution in [3.8, 4) is 22.6 Å². The summed E-state index contributed by atoms with van der Waals surface area (Å²) in [5.41, 5.74) is 5.24. The highest BCUT2D eigenvalue weighted by atomic mass is 32.3. The molecule has 11 nitrogen and oxygen atoms in total. The largest absolute Gasteiger partial charge is 0.487 e. The molecule has 3 atom stereocenters. The second-order valence-corrected chi connectivity index (χ2v) is 13.6. The number of rotatable bonds is 8. The van der Waals surface area contributed by atoms with Gasteiger partial charge in [0.1, 0.15) is 22.3 Å². The summed E-state index contributed by atoms with van der Waals surface area (Å²) in [4.78, 5) is 12.6. The maximum Gasteiger partial charge on any atom is 0.339 e. The first-order valence-electron chi connectivity index (χ1n) is 14.9. The number of carboxylic acid groups (broad SMARTS) is 1. The molecule has 0 spiro atoms. The number of hydrogen-bond donors (Lipinski definition) is 3. The van der Waals surface area contributed by atoms with Crippen LogP contribution in [0.25, 0.3) is 16.8 Å². The zero-order valence-corrected chi connectivity index (χ0v) is 25.7. The molecule has 232 valence electrons. The fraction of sp³-hybridized carbons (Fsp3) is 0.273. The van der Waals surface area contributed by atoms with Crippen molar-refractivity contribution in [3.05, 3.63) is 108 Å². The maximum atomic E-state index is 12.2. The summed E-state index contributed by atoms with van der Waals surface area (Å²) in [7, 11) is -1.46. The molecule has 3 heterocycles. The molecule has 0 saturated heterocycles. The van der Waals surface area contributed by atoms with Gasteiger partial charge in [-0.15, -0.1) is 15.9 Å². The molecule has 5 aromatic rings. The Bertz CT molecular complexity index is 1890. The Morgan fingerprint density at radius 2 is 1.80 bits per heavy atom. The normalized spacial score (nSPS) is 21.4. The van der Waals surface area contributed by atoms with Crippen LogP contribution in [0.3, 0.4) is 0 Å². The Hall–Kier alpha value is -4.49. The number of ether oxygens (including phenoxy) is 1. The first kappa shape index (κ1) is 29.2. The quantitative estimate of drug-likeness (QED) is 0.180. The van der Waals surface area contributed by atoms with Gasteiger partial charge in [-0.1, -0.05) is 54.6 Å². The number of aromatic nitrogens is 5. The van der Waals surface area contributed by atoms with Gasteiger partial charge in [0.25, 0.3) is 0 Å². The van der Waals surface area contributed by atoms with Crippen LogP contribution in [0.1, 0.15) is 58.9 Å². The molecule has 1 saturated carbocycles. The summed E-state index contributed by atoms with van der Waals surface area (Å²) in [5.74, 6) is -0.446. The van der Waals surface area contributed by atoms with Crippen molar-refractivity contribution in [1.29, 1.82) is 0 Å². The van der Waals surface area contributed by atoms with Gasteiger partial charge < -0.3 is 9.84 Å². The number of nitrogens with zero attached hydrogens (tertiary/aromatic N) is 6. The predicted octanol–water partition coefficient (Wildman–Crippen LogP) is 6.33. The number of fused-ring (bicyclic) bond motifs is 1. The number of benzene rings is 3. The maximum absolute atomic E-state index is 12.2. The summed E-state index contributed by atoms with van der Waals surface area (Å²) in [6, 6.07) is 23.0. The highest BCUT2D eigenvalue weighted by molar-refractivity contribution is 8.22. The third-order valence-electron chi connectivity index (χ3n) is 8.55. The third-order valence-corrected chi connectivity index (χ3v) is 10.5. The molecule has 1 aliphatic carbocycles. The van der Waals surface area contributed by atoms with Gasteiger partial charge in [0.05, 0.1) is 29.8 Å². The fourth-order valence-electron chi connectivity index (χ4n) is 6.14. The average Bonchev–Trinajstić information content (AvgIpc) is 3.52. The third kappa shape index (κ3) is 5.50. The van der Waals surface area contributed by atoms with Crippen molar-refractivity contribution >= 4 is 16.7 Å². The van der Waals surface area contributed by atoms with E-state index < -0.39 is 16.7 Å². The van der Waals surface area contributed by atoms with Crippen LogP contribution in [0.4, 0.5) is 0 Å². The number of para-hydroxylation sites is 1. The highest BCUT2D eigenvalue weighted by Gasteiger charge is 2.46. The van der Waals surface area contributed by atoms with E-state index >= 15 is 0 Å². The Kier molecular flexibility index (Phi) is 7.44. The SMILES string of the molecule is CCC1CN(Cc2cccc(-c3cccc(-n4ncc(C(=O)O)c4C4CC4c4cn(C)nn4)c3)c2)S(O)(O)c2ccccc2O1. The van der Waals surface area contributed by atoms with Gasteiger partial charge in [-0.05, 0) is 59.9 Å². The van der Waals surface area contributed by atoms with Gasteiger partial charge in [0.15, 0.2) is 0 Å². The van der Waals surface area contributed by atoms with Crippen molar-refractivity contribution < 1.29 is 23.7 Å². The Labute approximate surface area is 262 Å². The van der Waals surface area contributed by atoms with Crippen molar-refractivity contribution in [1.82, 2.24) is 29.1 Å². The van der Waals surface area contributed by atoms with Crippen LogP contribution in [-0.4, -0.2) is 61.9 Å². The first-order chi connectivity index (χ1) is 21.7. The van der Waals surface area contributed by atoms with Crippen molar-refractivity contribution in [2.75, 3.05) is 6.54 Å². The monoisotopic (exact) mass is 626 g/mol. The molecular formula is C33H34N6O5S. The van der Waals surface area contributed by atoms with Crippen LogP contribution in [0.2, 0.25) is 0 Å². The van der Waals surface area contributed by atoms with Crippen molar-refractivity contribution in [2.45, 2.75) is 49.1 Å². The molecule has 2 aromatic heterocycles. The molecule has 0 radical (unpaired) electrons. The minimum absolute atomic E-state index is 0.0308. The van der Waals surface area contributed by atoms with Crippen LogP contribution in [-0.2, 0) is 13.6 Å². The smallest absolute Gasteiger partial charge is 0.339 e. The van der Waals surface area contributed by atoms with E-state index in [4.69, 9.17) is 4.74 Å². The van der Waals surface area contributed by atoms with E-state index in [1.165, 1.54) is 6.20 Å². The molecule has 0 bridgehead atoms. The zero-order valence-electron chi connectivity index (χ0n) is 24.9. The number of hydrogen-bond acceptors (Lipinski definition) is 8. The summed E-state index contributed by atoms with van der Waals surface area (Å²) in [5, 5.41) is 22.8. The van der Waals surface area contributed by atoms with E-state index in [-0.39, 0.29) is 23.5 Å². The Morgan fingerprint density at radius 3 is 2.56 bits per heavy atom. The first-order valence-corrected chi connectivity index (χ1v) is 16.4. The Morgan fingerprint density at radius 1 is 1.02 bits per heavy atom. The van der Waals surface area contributed by atoms with Gasteiger partial charge in [0.2, 0.25) is 0 Å². The van der Waals surface area contributed by atoms with E-state index in [0.29, 0.717) is 29.4 Å². The minimum Gasteiger partial charge on any atom is -0.487 e. The zero-order chi connectivity index (χ0) is 31.3. The minimum atomic E-state index is -3.28. The molecule has 3 aromatic carbocycles. The molecule has 0 amide bonds. The molecule has 1 aliphatic heterocycles. The number of aryl methyl sites for hydroxylation is 1. The lowest BCUT2D eigenvalue weighted by molar-refractivity contribution is 0.0695. The number of carboxylic acids is 1. The van der Waals surface area contributed by atoms with Crippen LogP contribution in [0, 0.1) is 0 Å². The number of aromatic carboxylic acids is 1. The summed E-state index contributed by atoms with van der Waals surface area (Å²) in [6.45, 7) is 2.72. The van der Waals surface area contributed by atoms with Crippen LogP contribution in [0.15, 0.2) is 90.1 Å². The van der Waals surface area contributed by atoms with E-state index in [1.807, 2.05) is 74.8 Å². The van der Waals surface area contributed by atoms with E-state index in [2.05, 4.69) is 15.4 Å². The topological polar surface area (TPSA) is 139 Å². The second kappa shape index (κ2) is 11.5. The van der Waals surface area contributed by atoms with Crippen molar-refractivity contribution in [3.63, 3.8) is 0 Å². The second-order valence-electron chi connectivity index (χ2n) is 11.6. The molecule has 1 fully saturated rings. The average molecular weight is 627 g/mol. The molecule has 3 N–H and O–H groups in total. The Balaban J connectivity index is 1.19. The van der Waals surface area contributed by atoms with Crippen LogP contribution in [0.5, 0.6) is 5.75 Å². The van der Waals surface area contributed by atoms with Gasteiger partial charge in [-0.2, -0.15) is 9.40 Å². The van der Waals surface area contributed by atoms with E-state index in [9.17, 15) is 19.0 Å². The van der Waals surface area contributed by atoms with Crippen molar-refractivity contribution in [2.24, 2.45) is 7.05 Å². The summed E-state index contributed by atoms with van der Waals surface area (Å²) >= 11 is 0. The lowest BCUT2D eigenvalue weighted by Gasteiger charge is -2.41. The number of carbonyl (C=O) groups is 1. The van der Waals surface area contributed by atoms with Crippen LogP contribution >= 0.6 is 10.8 Å². The fourth-order valence-corrected chi connectivity index (χ4v) is 7.77. The van der Waals surface area contributed by atoms with Gasteiger partial charge in [-0.25, -0.2) is 9.48 Å². The summed E-state index contributed by atoms with van der Waals surface area (Å²) < 4.78 is 34.1. The predicted molar refractivity (Wildman–Crippen MR) is 170 cm³/mol. The highest BCUT2D eigenvalue weighted by Crippen LogP contribution is 2.58. The van der Waals surface area contributed by atoms with E-state index in [0.717, 1.165) is 40.9 Å². The standard InChI is InChI=1S/C33H34N6O5S/c1-3-25-19-38(45(42,43)31-13-5-4-12-30(31)44-25)18-21-8-6-9-22(14-21)23-10-7-11-24(15-23)39-32(28(17-34-39)33(40)41)27-16-26(27)29-20-37(2)36-35-29/h4-15,17,20,25-27,42-43H,3,16,18-19H2,1-2H3,(H,40,41).